The Bertz CT molecular complexity index is 1140. The summed E-state index contributed by atoms with van der Waals surface area (Å²) in [4.78, 5) is 24.7. The average Bonchev–Trinajstić information content (AvgIpc) is 3.15. The number of carbonyl (C=O) groups is 2. The van der Waals surface area contributed by atoms with E-state index in [4.69, 9.17) is 4.74 Å². The molecule has 0 fully saturated rings. The lowest BCUT2D eigenvalue weighted by Gasteiger charge is -2.16. The molecule has 1 unspecified atom stereocenters. The largest absolute Gasteiger partial charge is 0.465 e. The van der Waals surface area contributed by atoms with E-state index >= 15 is 0 Å². The number of methoxy groups -OCH3 is 1. The van der Waals surface area contributed by atoms with Crippen molar-refractivity contribution in [2.45, 2.75) is 32.7 Å². The summed E-state index contributed by atoms with van der Waals surface area (Å²) in [6.45, 7) is 3.69. The molecule has 33 heavy (non-hydrogen) atoms. The minimum Gasteiger partial charge on any atom is -0.465 e. The molecule has 0 saturated carbocycles. The first-order chi connectivity index (χ1) is 15.7. The summed E-state index contributed by atoms with van der Waals surface area (Å²) in [6, 6.07) is 13.1. The van der Waals surface area contributed by atoms with E-state index in [1.165, 1.54) is 14.2 Å². The Morgan fingerprint density at radius 3 is 2.45 bits per heavy atom. The molecule has 0 radical (unpaired) electrons. The van der Waals surface area contributed by atoms with Crippen LogP contribution in [0.15, 0.2) is 48.5 Å². The molecular weight excluding hydrogens is 432 g/mol. The number of amides is 1. The maximum Gasteiger partial charge on any atom is 0.337 e. The number of rotatable bonds is 8. The lowest BCUT2D eigenvalue weighted by atomic mass is 10.1. The summed E-state index contributed by atoms with van der Waals surface area (Å²) in [5.41, 5.74) is 1.05. The van der Waals surface area contributed by atoms with Gasteiger partial charge >= 0.3 is 5.97 Å². The Morgan fingerprint density at radius 2 is 1.85 bits per heavy atom. The van der Waals surface area contributed by atoms with Crippen molar-refractivity contribution in [2.75, 3.05) is 7.11 Å². The van der Waals surface area contributed by atoms with Gasteiger partial charge in [0.15, 0.2) is 0 Å². The molecule has 174 valence electrons. The van der Waals surface area contributed by atoms with Gasteiger partial charge < -0.3 is 14.8 Å². The zero-order chi connectivity index (χ0) is 24.1. The van der Waals surface area contributed by atoms with E-state index in [2.05, 4.69) is 15.2 Å². The van der Waals surface area contributed by atoms with Crippen molar-refractivity contribution >= 4 is 11.9 Å². The van der Waals surface area contributed by atoms with Gasteiger partial charge in [-0.2, -0.15) is 5.10 Å². The molecule has 1 amide bonds. The van der Waals surface area contributed by atoms with Gasteiger partial charge in [0.05, 0.1) is 18.7 Å². The molecule has 3 rings (SSSR count). The van der Waals surface area contributed by atoms with Gasteiger partial charge in [0.1, 0.15) is 17.0 Å². The highest BCUT2D eigenvalue weighted by Gasteiger charge is 2.30. The van der Waals surface area contributed by atoms with Crippen LogP contribution in [0.2, 0.25) is 0 Å². The van der Waals surface area contributed by atoms with Gasteiger partial charge in [0.2, 0.25) is 5.88 Å². The Kier molecular flexibility index (Phi) is 7.42. The zero-order valence-electron chi connectivity index (χ0n) is 18.8. The van der Waals surface area contributed by atoms with Crippen LogP contribution in [-0.4, -0.2) is 28.8 Å². The number of nitrogens with zero attached hydrogens (tertiary/aromatic N) is 2. The van der Waals surface area contributed by atoms with Crippen LogP contribution in [-0.2, 0) is 18.2 Å². The fourth-order valence-electron chi connectivity index (χ4n) is 3.33. The average molecular weight is 457 g/mol. The van der Waals surface area contributed by atoms with Crippen molar-refractivity contribution in [2.24, 2.45) is 7.05 Å². The first kappa shape index (κ1) is 23.9. The molecule has 2 aromatic carbocycles. The van der Waals surface area contributed by atoms with Crippen LogP contribution in [0.3, 0.4) is 0 Å². The second-order valence-corrected chi connectivity index (χ2v) is 7.40. The highest BCUT2D eigenvalue weighted by molar-refractivity contribution is 5.98. The first-order valence-corrected chi connectivity index (χ1v) is 10.4. The number of hydrogen-bond donors (Lipinski definition) is 1. The van der Waals surface area contributed by atoms with Crippen LogP contribution in [0.4, 0.5) is 8.78 Å². The summed E-state index contributed by atoms with van der Waals surface area (Å²) < 4.78 is 39.0. The van der Waals surface area contributed by atoms with Crippen LogP contribution in [0.1, 0.15) is 63.9 Å². The zero-order valence-corrected chi connectivity index (χ0v) is 18.8. The van der Waals surface area contributed by atoms with E-state index in [-0.39, 0.29) is 11.4 Å². The number of aromatic nitrogens is 2. The van der Waals surface area contributed by atoms with Gasteiger partial charge in [-0.15, -0.1) is 0 Å². The van der Waals surface area contributed by atoms with Gasteiger partial charge in [-0.05, 0) is 48.7 Å². The van der Waals surface area contributed by atoms with E-state index in [1.807, 2.05) is 13.0 Å². The number of nitrogens with one attached hydrogen (secondary N) is 1. The van der Waals surface area contributed by atoms with Gasteiger partial charge in [0, 0.05) is 7.05 Å². The second kappa shape index (κ2) is 10.2. The Labute approximate surface area is 190 Å². The fraction of sp³-hybridized carbons (Fsp3) is 0.292. The number of halogens is 2. The van der Waals surface area contributed by atoms with E-state index in [1.54, 1.807) is 49.4 Å². The van der Waals surface area contributed by atoms with Crippen LogP contribution in [0, 0.1) is 0 Å². The minimum absolute atomic E-state index is 0.0794. The molecule has 0 saturated heterocycles. The van der Waals surface area contributed by atoms with Crippen LogP contribution in [0.25, 0.3) is 0 Å². The van der Waals surface area contributed by atoms with Gasteiger partial charge in [-0.25, -0.2) is 18.3 Å². The lowest BCUT2D eigenvalue weighted by Crippen LogP contribution is -2.27. The molecule has 0 spiro atoms. The number of benzene rings is 2. The van der Waals surface area contributed by atoms with Crippen molar-refractivity contribution < 1.29 is 27.8 Å². The van der Waals surface area contributed by atoms with Crippen molar-refractivity contribution in [3.8, 4) is 11.6 Å². The number of carbonyl (C=O) groups excluding carboxylic acids is 2. The van der Waals surface area contributed by atoms with Crippen molar-refractivity contribution in [3.63, 3.8) is 0 Å². The maximum absolute atomic E-state index is 13.7. The summed E-state index contributed by atoms with van der Waals surface area (Å²) in [7, 11) is 2.72. The number of hydrogen-bond acceptors (Lipinski definition) is 5. The Hall–Kier alpha value is -3.75. The number of alkyl halides is 2. The Morgan fingerprint density at radius 1 is 1.15 bits per heavy atom. The standard InChI is InChI=1S/C24H25F2N3O4/c1-5-15-7-6-8-18(13-15)33-23-19(20(21(25)26)28-29(23)3)22(30)27-14(2)16-9-11-17(12-10-16)24(31)32-4/h6-14,21H,5H2,1-4H3,(H,27,30). The third-order valence-electron chi connectivity index (χ3n) is 5.16. The second-order valence-electron chi connectivity index (χ2n) is 7.40. The Balaban J connectivity index is 1.88. The molecule has 0 aliphatic carbocycles. The molecule has 9 heteroatoms. The topological polar surface area (TPSA) is 82.4 Å². The van der Waals surface area contributed by atoms with Gasteiger partial charge in [-0.1, -0.05) is 31.2 Å². The van der Waals surface area contributed by atoms with Crippen molar-refractivity contribution in [1.29, 1.82) is 0 Å². The molecule has 0 aliphatic heterocycles. The third-order valence-corrected chi connectivity index (χ3v) is 5.16. The van der Waals surface area contributed by atoms with Crippen molar-refractivity contribution in [3.05, 3.63) is 76.5 Å². The highest BCUT2D eigenvalue weighted by Crippen LogP contribution is 2.33. The van der Waals surface area contributed by atoms with Gasteiger partial charge in [0.25, 0.3) is 12.3 Å². The first-order valence-electron chi connectivity index (χ1n) is 10.4. The van der Waals surface area contributed by atoms with Crippen molar-refractivity contribution in [1.82, 2.24) is 15.1 Å². The highest BCUT2D eigenvalue weighted by atomic mass is 19.3. The number of esters is 1. The lowest BCUT2D eigenvalue weighted by molar-refractivity contribution is 0.0600. The molecular formula is C24H25F2N3O4. The summed E-state index contributed by atoms with van der Waals surface area (Å²) in [5, 5.41) is 6.53. The summed E-state index contributed by atoms with van der Waals surface area (Å²) in [6.07, 6.45) is -2.20. The normalized spacial score (nSPS) is 11.8. The van der Waals surface area contributed by atoms with Crippen LogP contribution in [0.5, 0.6) is 11.6 Å². The van der Waals surface area contributed by atoms with E-state index < -0.39 is 30.0 Å². The van der Waals surface area contributed by atoms with E-state index in [0.717, 1.165) is 16.7 Å². The van der Waals surface area contributed by atoms with Gasteiger partial charge in [-0.3, -0.25) is 4.79 Å². The van der Waals surface area contributed by atoms with Crippen LogP contribution < -0.4 is 10.1 Å². The number of ether oxygens (including phenoxy) is 2. The summed E-state index contributed by atoms with van der Waals surface area (Å²) >= 11 is 0. The van der Waals surface area contributed by atoms with E-state index in [9.17, 15) is 18.4 Å². The fourth-order valence-corrected chi connectivity index (χ4v) is 3.33. The molecule has 1 N–H and O–H groups in total. The summed E-state index contributed by atoms with van der Waals surface area (Å²) in [5.74, 6) is -0.892. The third kappa shape index (κ3) is 5.36. The molecule has 7 nitrogen and oxygen atoms in total. The van der Waals surface area contributed by atoms with E-state index in [0.29, 0.717) is 16.9 Å². The predicted molar refractivity (Wildman–Crippen MR) is 118 cm³/mol. The smallest absolute Gasteiger partial charge is 0.337 e. The molecule has 0 aliphatic rings. The molecule has 0 bridgehead atoms. The molecule has 1 aromatic heterocycles. The molecule has 1 atom stereocenters. The monoisotopic (exact) mass is 457 g/mol. The minimum atomic E-state index is -2.97. The predicted octanol–water partition coefficient (Wildman–Crippen LogP) is 4.99. The maximum atomic E-state index is 13.7. The number of aryl methyl sites for hydroxylation is 2. The SMILES string of the molecule is CCc1cccc(Oc2c(C(=O)NC(C)c3ccc(C(=O)OC)cc3)c(C(F)F)nn2C)c1. The molecule has 3 aromatic rings. The quantitative estimate of drug-likeness (QED) is 0.482. The van der Waals surface area contributed by atoms with Crippen LogP contribution >= 0.6 is 0 Å². The molecule has 1 heterocycles.